The maximum absolute atomic E-state index is 9.39. The topological polar surface area (TPSA) is 20.2 Å². The first-order chi connectivity index (χ1) is 10.8. The molecule has 3 aromatic carbocycles. The van der Waals surface area contributed by atoms with Gasteiger partial charge in [0.1, 0.15) is 5.75 Å². The first-order valence-electron chi connectivity index (χ1n) is 7.70. The minimum Gasteiger partial charge on any atom is -0.508 e. The highest BCUT2D eigenvalue weighted by Gasteiger charge is 2.04. The second-order valence-electron chi connectivity index (χ2n) is 5.60. The molecule has 3 rings (SSSR count). The second-order valence-corrected chi connectivity index (χ2v) is 5.60. The molecular formula is C21H20O. The van der Waals surface area contributed by atoms with Gasteiger partial charge in [-0.2, -0.15) is 0 Å². The highest BCUT2D eigenvalue weighted by atomic mass is 16.3. The summed E-state index contributed by atoms with van der Waals surface area (Å²) < 4.78 is 0. The molecule has 0 unspecified atom stereocenters. The van der Waals surface area contributed by atoms with E-state index in [-0.39, 0.29) is 0 Å². The van der Waals surface area contributed by atoms with Crippen molar-refractivity contribution >= 4 is 0 Å². The summed E-state index contributed by atoms with van der Waals surface area (Å²) in [5.41, 5.74) is 5.37. The molecule has 0 bridgehead atoms. The molecule has 110 valence electrons. The predicted octanol–water partition coefficient (Wildman–Crippen LogP) is 4.77. The SMILES string of the molecule is Oc1ccc(Cc2ccccc2CCc2ccccc2)cc1. The minimum absolute atomic E-state index is 0.320. The third kappa shape index (κ3) is 3.76. The number of aryl methyl sites for hydroxylation is 2. The molecule has 3 aromatic rings. The lowest BCUT2D eigenvalue weighted by molar-refractivity contribution is 0.475. The molecule has 1 nitrogen and oxygen atoms in total. The Balaban J connectivity index is 1.73. The van der Waals surface area contributed by atoms with Crippen molar-refractivity contribution in [1.29, 1.82) is 0 Å². The van der Waals surface area contributed by atoms with Gasteiger partial charge in [-0.15, -0.1) is 0 Å². The first-order valence-corrected chi connectivity index (χ1v) is 7.70. The van der Waals surface area contributed by atoms with Crippen molar-refractivity contribution in [1.82, 2.24) is 0 Å². The second kappa shape index (κ2) is 6.95. The van der Waals surface area contributed by atoms with E-state index < -0.39 is 0 Å². The molecule has 0 aliphatic carbocycles. The van der Waals surface area contributed by atoms with Crippen molar-refractivity contribution in [3.05, 3.63) is 101 Å². The fourth-order valence-corrected chi connectivity index (χ4v) is 2.73. The van der Waals surface area contributed by atoms with Crippen LogP contribution in [0.3, 0.4) is 0 Å². The van der Waals surface area contributed by atoms with Gasteiger partial charge in [0.05, 0.1) is 0 Å². The molecule has 0 fully saturated rings. The van der Waals surface area contributed by atoms with Crippen LogP contribution >= 0.6 is 0 Å². The fraction of sp³-hybridized carbons (Fsp3) is 0.143. The molecule has 0 aliphatic heterocycles. The van der Waals surface area contributed by atoms with Crippen LogP contribution in [0.1, 0.15) is 22.3 Å². The molecule has 0 aliphatic rings. The van der Waals surface area contributed by atoms with Crippen LogP contribution < -0.4 is 0 Å². The third-order valence-corrected chi connectivity index (χ3v) is 3.98. The molecule has 0 saturated heterocycles. The summed E-state index contributed by atoms with van der Waals surface area (Å²) in [6.45, 7) is 0. The highest BCUT2D eigenvalue weighted by molar-refractivity contribution is 5.35. The average molecular weight is 288 g/mol. The molecule has 0 spiro atoms. The van der Waals surface area contributed by atoms with E-state index >= 15 is 0 Å². The van der Waals surface area contributed by atoms with Crippen LogP contribution in [0.25, 0.3) is 0 Å². The van der Waals surface area contributed by atoms with Crippen molar-refractivity contribution in [3.63, 3.8) is 0 Å². The first kappa shape index (κ1) is 14.4. The summed E-state index contributed by atoms with van der Waals surface area (Å²) >= 11 is 0. The van der Waals surface area contributed by atoms with Gasteiger partial charge in [-0.3, -0.25) is 0 Å². The summed E-state index contributed by atoms with van der Waals surface area (Å²) in [5, 5.41) is 9.39. The van der Waals surface area contributed by atoms with Crippen LogP contribution in [0.4, 0.5) is 0 Å². The predicted molar refractivity (Wildman–Crippen MR) is 91.2 cm³/mol. The van der Waals surface area contributed by atoms with Crippen molar-refractivity contribution in [3.8, 4) is 5.75 Å². The molecule has 0 aromatic heterocycles. The summed E-state index contributed by atoms with van der Waals surface area (Å²) in [4.78, 5) is 0. The van der Waals surface area contributed by atoms with E-state index in [0.29, 0.717) is 5.75 Å². The van der Waals surface area contributed by atoms with Gasteiger partial charge < -0.3 is 5.11 Å². The standard InChI is InChI=1S/C21H20O/c22-21-14-11-18(12-15-21)16-20-9-5-4-8-19(20)13-10-17-6-2-1-3-7-17/h1-9,11-12,14-15,22H,10,13,16H2. The molecule has 0 radical (unpaired) electrons. The number of phenolic OH excluding ortho intramolecular Hbond substituents is 1. The van der Waals surface area contributed by atoms with Gasteiger partial charge >= 0.3 is 0 Å². The number of benzene rings is 3. The zero-order chi connectivity index (χ0) is 15.2. The molecule has 0 heterocycles. The quantitative estimate of drug-likeness (QED) is 0.717. The van der Waals surface area contributed by atoms with Crippen LogP contribution in [-0.4, -0.2) is 5.11 Å². The van der Waals surface area contributed by atoms with Crippen molar-refractivity contribution in [2.45, 2.75) is 19.3 Å². The molecule has 1 heteroatoms. The average Bonchev–Trinajstić information content (AvgIpc) is 2.57. The van der Waals surface area contributed by atoms with Gasteiger partial charge in [-0.1, -0.05) is 66.7 Å². The molecule has 1 N–H and O–H groups in total. The lowest BCUT2D eigenvalue weighted by Crippen LogP contribution is -1.98. The van der Waals surface area contributed by atoms with E-state index in [4.69, 9.17) is 0 Å². The lowest BCUT2D eigenvalue weighted by atomic mass is 9.95. The molecular weight excluding hydrogens is 268 g/mol. The zero-order valence-electron chi connectivity index (χ0n) is 12.6. The summed E-state index contributed by atoms with van der Waals surface area (Å²) in [5.74, 6) is 0.320. The zero-order valence-corrected chi connectivity index (χ0v) is 12.6. The van der Waals surface area contributed by atoms with E-state index in [9.17, 15) is 5.11 Å². The lowest BCUT2D eigenvalue weighted by Gasteiger charge is -2.10. The monoisotopic (exact) mass is 288 g/mol. The number of rotatable bonds is 5. The Bertz CT molecular complexity index is 714. The maximum atomic E-state index is 9.39. The summed E-state index contributed by atoms with van der Waals surface area (Å²) in [6, 6.07) is 26.7. The smallest absolute Gasteiger partial charge is 0.115 e. The van der Waals surface area contributed by atoms with Gasteiger partial charge in [0.2, 0.25) is 0 Å². The molecule has 0 saturated carbocycles. The van der Waals surface area contributed by atoms with E-state index in [1.807, 2.05) is 12.1 Å². The van der Waals surface area contributed by atoms with Crippen molar-refractivity contribution in [2.75, 3.05) is 0 Å². The van der Waals surface area contributed by atoms with Crippen LogP contribution in [0.2, 0.25) is 0 Å². The Labute approximate surface area is 131 Å². The molecule has 0 amide bonds. The Kier molecular flexibility index (Phi) is 4.55. The maximum Gasteiger partial charge on any atom is 0.115 e. The third-order valence-electron chi connectivity index (χ3n) is 3.98. The Hall–Kier alpha value is -2.54. The van der Waals surface area contributed by atoms with Gasteiger partial charge in [-0.05, 0) is 53.6 Å². The van der Waals surface area contributed by atoms with Gasteiger partial charge in [-0.25, -0.2) is 0 Å². The van der Waals surface area contributed by atoms with Gasteiger partial charge in [0, 0.05) is 0 Å². The van der Waals surface area contributed by atoms with Gasteiger partial charge in [0.15, 0.2) is 0 Å². The van der Waals surface area contributed by atoms with Crippen LogP contribution in [0, 0.1) is 0 Å². The fourth-order valence-electron chi connectivity index (χ4n) is 2.73. The Morgan fingerprint density at radius 3 is 1.91 bits per heavy atom. The van der Waals surface area contributed by atoms with Crippen LogP contribution in [0.15, 0.2) is 78.9 Å². The van der Waals surface area contributed by atoms with Crippen LogP contribution in [-0.2, 0) is 19.3 Å². The van der Waals surface area contributed by atoms with Crippen molar-refractivity contribution < 1.29 is 5.11 Å². The number of hydrogen-bond acceptors (Lipinski definition) is 1. The molecule has 22 heavy (non-hydrogen) atoms. The van der Waals surface area contributed by atoms with Crippen LogP contribution in [0.5, 0.6) is 5.75 Å². The normalized spacial score (nSPS) is 10.5. The van der Waals surface area contributed by atoms with E-state index in [1.165, 1.54) is 22.3 Å². The number of hydrogen-bond donors (Lipinski definition) is 1. The Morgan fingerprint density at radius 1 is 0.545 bits per heavy atom. The number of aromatic hydroxyl groups is 1. The largest absolute Gasteiger partial charge is 0.508 e. The minimum atomic E-state index is 0.320. The summed E-state index contributed by atoms with van der Waals surface area (Å²) in [7, 11) is 0. The van der Waals surface area contributed by atoms with E-state index in [0.717, 1.165) is 19.3 Å². The molecule has 0 atom stereocenters. The Morgan fingerprint density at radius 2 is 1.18 bits per heavy atom. The van der Waals surface area contributed by atoms with E-state index in [1.54, 1.807) is 12.1 Å². The van der Waals surface area contributed by atoms with E-state index in [2.05, 4.69) is 54.6 Å². The van der Waals surface area contributed by atoms with Gasteiger partial charge in [0.25, 0.3) is 0 Å². The highest BCUT2D eigenvalue weighted by Crippen LogP contribution is 2.18. The van der Waals surface area contributed by atoms with Crippen molar-refractivity contribution in [2.24, 2.45) is 0 Å². The summed E-state index contributed by atoms with van der Waals surface area (Å²) in [6.07, 6.45) is 3.02. The number of phenols is 1.